The lowest BCUT2D eigenvalue weighted by molar-refractivity contribution is 0.0818. The van der Waals surface area contributed by atoms with E-state index in [1.165, 1.54) is 6.92 Å². The summed E-state index contributed by atoms with van der Waals surface area (Å²) in [6.07, 6.45) is 1.70. The van der Waals surface area contributed by atoms with E-state index in [-0.39, 0.29) is 30.2 Å². The zero-order valence-corrected chi connectivity index (χ0v) is 22.3. The normalized spacial score (nSPS) is 15.4. The highest BCUT2D eigenvalue weighted by molar-refractivity contribution is 7.87. The third-order valence-electron chi connectivity index (χ3n) is 6.19. The predicted octanol–water partition coefficient (Wildman–Crippen LogP) is 4.48. The molecular formula is C26H37N3O6S. The Balaban J connectivity index is 1.93. The molecule has 0 unspecified atom stereocenters. The maximum absolute atomic E-state index is 13.4. The number of rotatable bonds is 12. The molecule has 0 saturated carbocycles. The van der Waals surface area contributed by atoms with Gasteiger partial charge in [0.25, 0.3) is 0 Å². The Labute approximate surface area is 214 Å². The number of para-hydroxylation sites is 2. The summed E-state index contributed by atoms with van der Waals surface area (Å²) < 4.78 is 41.4. The fourth-order valence-electron chi connectivity index (χ4n) is 4.13. The van der Waals surface area contributed by atoms with Gasteiger partial charge in [0.15, 0.2) is 0 Å². The zero-order valence-electron chi connectivity index (χ0n) is 21.5. The molecule has 10 heteroatoms. The predicted molar refractivity (Wildman–Crippen MR) is 141 cm³/mol. The summed E-state index contributed by atoms with van der Waals surface area (Å²) in [4.78, 5) is 17.2. The van der Waals surface area contributed by atoms with Crippen LogP contribution in [0.1, 0.15) is 39.2 Å². The van der Waals surface area contributed by atoms with Gasteiger partial charge in [-0.1, -0.05) is 18.2 Å². The van der Waals surface area contributed by atoms with E-state index in [1.807, 2.05) is 38.1 Å². The van der Waals surface area contributed by atoms with Gasteiger partial charge in [0.05, 0.1) is 31.2 Å². The molecule has 0 bridgehead atoms. The van der Waals surface area contributed by atoms with E-state index < -0.39 is 10.1 Å². The van der Waals surface area contributed by atoms with E-state index in [1.54, 1.807) is 30.2 Å². The molecule has 1 atom stereocenters. The van der Waals surface area contributed by atoms with Gasteiger partial charge >= 0.3 is 16.1 Å². The van der Waals surface area contributed by atoms with E-state index in [9.17, 15) is 13.2 Å². The molecule has 1 N–H and O–H groups in total. The highest BCUT2D eigenvalue weighted by Crippen LogP contribution is 2.30. The number of anilines is 2. The van der Waals surface area contributed by atoms with Crippen LogP contribution in [0.4, 0.5) is 16.2 Å². The fraction of sp³-hybridized carbons (Fsp3) is 0.500. The molecule has 198 valence electrons. The number of ether oxygens (including phenoxy) is 2. The maximum atomic E-state index is 13.4. The van der Waals surface area contributed by atoms with Crippen molar-refractivity contribution in [1.29, 1.82) is 0 Å². The first-order valence-electron chi connectivity index (χ1n) is 12.4. The average molecular weight is 520 g/mol. The molecule has 0 aromatic heterocycles. The summed E-state index contributed by atoms with van der Waals surface area (Å²) in [6.45, 7) is 8.30. The van der Waals surface area contributed by atoms with Gasteiger partial charge in [0.1, 0.15) is 11.5 Å². The number of urea groups is 1. The van der Waals surface area contributed by atoms with Crippen LogP contribution < -0.4 is 19.1 Å². The molecule has 3 rings (SSSR count). The van der Waals surface area contributed by atoms with Gasteiger partial charge in [-0.05, 0) is 51.8 Å². The molecule has 0 radical (unpaired) electrons. The first kappa shape index (κ1) is 27.6. The smallest absolute Gasteiger partial charge is 0.322 e. The third kappa shape index (κ3) is 7.27. The lowest BCUT2D eigenvalue weighted by Gasteiger charge is -2.28. The van der Waals surface area contributed by atoms with Gasteiger partial charge in [0, 0.05) is 43.6 Å². The summed E-state index contributed by atoms with van der Waals surface area (Å²) >= 11 is 0. The molecule has 1 aliphatic rings. The van der Waals surface area contributed by atoms with Crippen molar-refractivity contribution in [3.63, 3.8) is 0 Å². The van der Waals surface area contributed by atoms with Crippen molar-refractivity contribution < 1.29 is 26.9 Å². The van der Waals surface area contributed by atoms with Crippen molar-refractivity contribution in [3.8, 4) is 11.5 Å². The number of amides is 2. The van der Waals surface area contributed by atoms with Crippen LogP contribution in [0.3, 0.4) is 0 Å². The van der Waals surface area contributed by atoms with Crippen LogP contribution in [0, 0.1) is 0 Å². The van der Waals surface area contributed by atoms with E-state index in [4.69, 9.17) is 13.7 Å². The zero-order chi connectivity index (χ0) is 26.1. The highest BCUT2D eigenvalue weighted by Gasteiger charge is 2.25. The van der Waals surface area contributed by atoms with Crippen LogP contribution in [0.2, 0.25) is 0 Å². The molecular weight excluding hydrogens is 482 g/mol. The van der Waals surface area contributed by atoms with Gasteiger partial charge in [-0.3, -0.25) is 0 Å². The van der Waals surface area contributed by atoms with Gasteiger partial charge < -0.3 is 28.8 Å². The van der Waals surface area contributed by atoms with Crippen molar-refractivity contribution in [3.05, 3.63) is 48.0 Å². The Hall–Kier alpha value is -2.98. The molecule has 2 aromatic carbocycles. The Morgan fingerprint density at radius 1 is 1.11 bits per heavy atom. The Morgan fingerprint density at radius 3 is 2.50 bits per heavy atom. The number of methoxy groups -OCH3 is 1. The number of carbonyl (C=O) groups excluding carboxylic acids is 1. The van der Waals surface area contributed by atoms with Gasteiger partial charge in [-0.2, -0.15) is 8.42 Å². The number of benzene rings is 2. The van der Waals surface area contributed by atoms with E-state index >= 15 is 0 Å². The SMILES string of the molecule is CCN(CC)c1ccc(CN(C[C@@H]2CCCO2)C(=O)Nc2ccccc2OC)c(OS(=O)(=O)CC)c1. The van der Waals surface area contributed by atoms with Crippen LogP contribution in [-0.2, 0) is 21.4 Å². The van der Waals surface area contributed by atoms with E-state index in [0.29, 0.717) is 30.2 Å². The Kier molecular flexibility index (Phi) is 9.83. The van der Waals surface area contributed by atoms with Gasteiger partial charge in [-0.25, -0.2) is 4.79 Å². The number of hydrogen-bond acceptors (Lipinski definition) is 7. The molecule has 2 amide bonds. The molecule has 1 heterocycles. The van der Waals surface area contributed by atoms with Crippen LogP contribution in [0.25, 0.3) is 0 Å². The Morgan fingerprint density at radius 2 is 1.86 bits per heavy atom. The summed E-state index contributed by atoms with van der Waals surface area (Å²) in [5.74, 6) is 0.615. The summed E-state index contributed by atoms with van der Waals surface area (Å²) in [6, 6.07) is 12.3. The van der Waals surface area contributed by atoms with Crippen LogP contribution in [0.15, 0.2) is 42.5 Å². The standard InChI is InChI=1S/C26H37N3O6S/c1-5-28(6-2)21-15-14-20(25(17-21)35-36(31,32)7-3)18-29(19-22-11-10-16-34-22)26(30)27-23-12-8-9-13-24(23)33-4/h8-9,12-15,17,22H,5-7,10-11,16,18-19H2,1-4H3,(H,27,30)/t22-/m0/s1. The van der Waals surface area contributed by atoms with E-state index in [2.05, 4.69) is 10.2 Å². The number of hydrogen-bond donors (Lipinski definition) is 1. The largest absolute Gasteiger partial charge is 0.495 e. The lowest BCUT2D eigenvalue weighted by atomic mass is 10.1. The minimum atomic E-state index is -3.77. The molecule has 1 aliphatic heterocycles. The minimum absolute atomic E-state index is 0.0906. The maximum Gasteiger partial charge on any atom is 0.322 e. The van der Waals surface area contributed by atoms with Crippen LogP contribution in [-0.4, -0.2) is 64.6 Å². The molecule has 1 saturated heterocycles. The summed E-state index contributed by atoms with van der Waals surface area (Å²) in [5.41, 5.74) is 1.99. The first-order valence-corrected chi connectivity index (χ1v) is 14.0. The quantitative estimate of drug-likeness (QED) is 0.413. The average Bonchev–Trinajstić information content (AvgIpc) is 3.39. The molecule has 1 fully saturated rings. The monoisotopic (exact) mass is 519 g/mol. The van der Waals surface area contributed by atoms with E-state index in [0.717, 1.165) is 31.6 Å². The van der Waals surface area contributed by atoms with Crippen LogP contribution >= 0.6 is 0 Å². The van der Waals surface area contributed by atoms with Crippen molar-refractivity contribution in [1.82, 2.24) is 4.90 Å². The molecule has 2 aromatic rings. The summed E-state index contributed by atoms with van der Waals surface area (Å²) in [5, 5.41) is 2.92. The van der Waals surface area contributed by atoms with Gasteiger partial charge in [0.2, 0.25) is 0 Å². The van der Waals surface area contributed by atoms with Gasteiger partial charge in [-0.15, -0.1) is 0 Å². The van der Waals surface area contributed by atoms with Crippen molar-refractivity contribution >= 4 is 27.5 Å². The topological polar surface area (TPSA) is 97.4 Å². The Bertz CT molecular complexity index is 1110. The molecule has 36 heavy (non-hydrogen) atoms. The molecule has 9 nitrogen and oxygen atoms in total. The molecule has 0 spiro atoms. The second kappa shape index (κ2) is 12.8. The summed E-state index contributed by atoms with van der Waals surface area (Å²) in [7, 11) is -2.22. The van der Waals surface area contributed by atoms with Crippen molar-refractivity contribution in [2.45, 2.75) is 46.3 Å². The second-order valence-corrected chi connectivity index (χ2v) is 10.4. The number of nitrogens with one attached hydrogen (secondary N) is 1. The fourth-order valence-corrected chi connectivity index (χ4v) is 4.68. The minimum Gasteiger partial charge on any atom is -0.495 e. The number of carbonyl (C=O) groups is 1. The molecule has 0 aliphatic carbocycles. The highest BCUT2D eigenvalue weighted by atomic mass is 32.2. The first-order chi connectivity index (χ1) is 17.3. The lowest BCUT2D eigenvalue weighted by Crippen LogP contribution is -2.39. The number of nitrogens with zero attached hydrogens (tertiary/aromatic N) is 2. The van der Waals surface area contributed by atoms with Crippen LogP contribution in [0.5, 0.6) is 11.5 Å². The second-order valence-electron chi connectivity index (χ2n) is 8.54. The third-order valence-corrected chi connectivity index (χ3v) is 7.34. The van der Waals surface area contributed by atoms with Crippen molar-refractivity contribution in [2.75, 3.05) is 49.3 Å². The van der Waals surface area contributed by atoms with Crippen molar-refractivity contribution in [2.24, 2.45) is 0 Å².